The zero-order chi connectivity index (χ0) is 13.9. The lowest BCUT2D eigenvalue weighted by Gasteiger charge is -2.35. The molecule has 7 heteroatoms. The summed E-state index contributed by atoms with van der Waals surface area (Å²) >= 11 is 7.20. The van der Waals surface area contributed by atoms with E-state index in [0.29, 0.717) is 25.9 Å². The molecule has 0 saturated carbocycles. The maximum Gasteiger partial charge on any atom is 0.274 e. The van der Waals surface area contributed by atoms with Crippen LogP contribution in [0.25, 0.3) is 0 Å². The van der Waals surface area contributed by atoms with Gasteiger partial charge in [-0.25, -0.2) is 9.97 Å². The second kappa shape index (κ2) is 5.76. The van der Waals surface area contributed by atoms with Gasteiger partial charge >= 0.3 is 0 Å². The molecular weight excluding hydrogens is 284 g/mol. The fraction of sp³-hybridized carbons (Fsp3) is 0.500. The van der Waals surface area contributed by atoms with Crippen LogP contribution in [0.5, 0.6) is 0 Å². The van der Waals surface area contributed by atoms with Gasteiger partial charge in [-0.2, -0.15) is 5.26 Å². The van der Waals surface area contributed by atoms with Crippen molar-refractivity contribution in [3.8, 4) is 6.07 Å². The lowest BCUT2D eigenvalue weighted by Crippen LogP contribution is -2.44. The first-order chi connectivity index (χ1) is 9.10. The fourth-order valence-electron chi connectivity index (χ4n) is 2.02. The van der Waals surface area contributed by atoms with E-state index in [0.717, 1.165) is 0 Å². The Kier molecular flexibility index (Phi) is 4.27. The van der Waals surface area contributed by atoms with E-state index in [1.165, 1.54) is 12.4 Å². The number of amides is 1. The molecule has 0 aliphatic carbocycles. The molecule has 1 saturated heterocycles. The van der Waals surface area contributed by atoms with Crippen molar-refractivity contribution in [2.75, 3.05) is 19.3 Å². The van der Waals surface area contributed by atoms with Crippen molar-refractivity contribution in [1.82, 2.24) is 14.9 Å². The fourth-order valence-corrected chi connectivity index (χ4v) is 2.80. The lowest BCUT2D eigenvalue weighted by molar-refractivity contribution is 0.0710. The van der Waals surface area contributed by atoms with Gasteiger partial charge in [0, 0.05) is 13.1 Å². The molecule has 0 bridgehead atoms. The van der Waals surface area contributed by atoms with Gasteiger partial charge in [0.05, 0.1) is 18.5 Å². The monoisotopic (exact) mass is 296 g/mol. The lowest BCUT2D eigenvalue weighted by atomic mass is 9.97. The van der Waals surface area contributed by atoms with Crippen molar-refractivity contribution in [3.05, 3.63) is 23.2 Å². The highest BCUT2D eigenvalue weighted by Crippen LogP contribution is 2.33. The summed E-state index contributed by atoms with van der Waals surface area (Å²) in [4.78, 5) is 21.7. The molecule has 1 fully saturated rings. The number of hydrogen-bond acceptors (Lipinski definition) is 5. The van der Waals surface area contributed by atoms with Gasteiger partial charge in [-0.05, 0) is 19.1 Å². The summed E-state index contributed by atoms with van der Waals surface area (Å²) in [5, 5.41) is 9.47. The maximum atomic E-state index is 12.2. The third-order valence-corrected chi connectivity index (χ3v) is 4.77. The SMILES string of the molecule is CSC1(C#N)CCN(C(=O)c2cnc(Cl)cn2)CC1. The van der Waals surface area contributed by atoms with Crippen LogP contribution in [-0.2, 0) is 0 Å². The molecule has 0 unspecified atom stereocenters. The average molecular weight is 297 g/mol. The summed E-state index contributed by atoms with van der Waals surface area (Å²) in [5.74, 6) is -0.156. The molecule has 1 aliphatic rings. The predicted molar refractivity (Wildman–Crippen MR) is 74.0 cm³/mol. The van der Waals surface area contributed by atoms with E-state index in [4.69, 9.17) is 11.6 Å². The number of hydrogen-bond donors (Lipinski definition) is 0. The average Bonchev–Trinajstić information content (AvgIpc) is 2.47. The Morgan fingerprint density at radius 2 is 2.16 bits per heavy atom. The van der Waals surface area contributed by atoms with Crippen molar-refractivity contribution >= 4 is 29.3 Å². The second-order valence-corrected chi connectivity index (χ2v) is 5.90. The van der Waals surface area contributed by atoms with Crippen LogP contribution in [0.3, 0.4) is 0 Å². The molecule has 2 heterocycles. The zero-order valence-corrected chi connectivity index (χ0v) is 12.0. The van der Waals surface area contributed by atoms with Crippen LogP contribution in [-0.4, -0.2) is 44.9 Å². The van der Waals surface area contributed by atoms with Crippen LogP contribution < -0.4 is 0 Å². The van der Waals surface area contributed by atoms with Crippen LogP contribution in [0.2, 0.25) is 5.15 Å². The molecule has 1 amide bonds. The zero-order valence-electron chi connectivity index (χ0n) is 10.5. The van der Waals surface area contributed by atoms with Gasteiger partial charge in [0.1, 0.15) is 15.6 Å². The highest BCUT2D eigenvalue weighted by atomic mass is 35.5. The third-order valence-electron chi connectivity index (χ3n) is 3.29. The minimum Gasteiger partial charge on any atom is -0.337 e. The molecular formula is C12H13ClN4OS. The van der Waals surface area contributed by atoms with Gasteiger partial charge in [0.25, 0.3) is 5.91 Å². The van der Waals surface area contributed by atoms with Crippen molar-refractivity contribution in [2.45, 2.75) is 17.6 Å². The van der Waals surface area contributed by atoms with Crippen molar-refractivity contribution in [1.29, 1.82) is 5.26 Å². The molecule has 0 radical (unpaired) electrons. The first kappa shape index (κ1) is 14.1. The number of aromatic nitrogens is 2. The summed E-state index contributed by atoms with van der Waals surface area (Å²) in [6.07, 6.45) is 6.03. The summed E-state index contributed by atoms with van der Waals surface area (Å²) in [5.41, 5.74) is 0.290. The standard InChI is InChI=1S/C12H13ClN4OS/c1-19-12(8-14)2-4-17(5-3-12)11(18)9-6-16-10(13)7-15-9/h6-7H,2-5H2,1H3. The van der Waals surface area contributed by atoms with E-state index in [1.807, 2.05) is 6.26 Å². The number of carbonyl (C=O) groups excluding carboxylic acids is 1. The highest BCUT2D eigenvalue weighted by molar-refractivity contribution is 8.00. The molecule has 1 aromatic rings. The molecule has 0 N–H and O–H groups in total. The van der Waals surface area contributed by atoms with E-state index in [9.17, 15) is 10.1 Å². The number of nitrogens with zero attached hydrogens (tertiary/aromatic N) is 4. The summed E-state index contributed by atoms with van der Waals surface area (Å²) in [7, 11) is 0. The smallest absolute Gasteiger partial charge is 0.274 e. The first-order valence-corrected chi connectivity index (χ1v) is 7.44. The number of nitriles is 1. The van der Waals surface area contributed by atoms with E-state index >= 15 is 0 Å². The highest BCUT2D eigenvalue weighted by Gasteiger charge is 2.35. The number of thioether (sulfide) groups is 1. The Labute approximate surface area is 121 Å². The Bertz CT molecular complexity index is 505. The summed E-state index contributed by atoms with van der Waals surface area (Å²) < 4.78 is -0.359. The Morgan fingerprint density at radius 3 is 2.63 bits per heavy atom. The van der Waals surface area contributed by atoms with E-state index in [1.54, 1.807) is 16.7 Å². The Hall–Kier alpha value is -1.32. The van der Waals surface area contributed by atoms with Crippen LogP contribution in [0.1, 0.15) is 23.3 Å². The van der Waals surface area contributed by atoms with Crippen LogP contribution in [0.15, 0.2) is 12.4 Å². The van der Waals surface area contributed by atoms with Gasteiger partial charge in [-0.15, -0.1) is 11.8 Å². The number of rotatable bonds is 2. The van der Waals surface area contributed by atoms with E-state index < -0.39 is 0 Å². The Balaban J connectivity index is 2.04. The maximum absolute atomic E-state index is 12.2. The van der Waals surface area contributed by atoms with Crippen LogP contribution >= 0.6 is 23.4 Å². The van der Waals surface area contributed by atoms with Crippen molar-refractivity contribution < 1.29 is 4.79 Å². The molecule has 0 atom stereocenters. The van der Waals surface area contributed by atoms with Gasteiger partial charge in [0.15, 0.2) is 0 Å². The van der Waals surface area contributed by atoms with Crippen LogP contribution in [0.4, 0.5) is 0 Å². The van der Waals surface area contributed by atoms with E-state index in [2.05, 4.69) is 16.0 Å². The number of halogens is 1. The summed E-state index contributed by atoms with van der Waals surface area (Å²) in [6, 6.07) is 2.35. The van der Waals surface area contributed by atoms with E-state index in [-0.39, 0.29) is 21.5 Å². The number of likely N-dealkylation sites (tertiary alicyclic amines) is 1. The molecule has 5 nitrogen and oxygen atoms in total. The molecule has 0 spiro atoms. The number of carbonyl (C=O) groups is 1. The topological polar surface area (TPSA) is 69.9 Å². The molecule has 19 heavy (non-hydrogen) atoms. The second-order valence-electron chi connectivity index (χ2n) is 4.33. The molecule has 1 aliphatic heterocycles. The third kappa shape index (κ3) is 2.99. The van der Waals surface area contributed by atoms with Crippen molar-refractivity contribution in [2.24, 2.45) is 0 Å². The number of piperidine rings is 1. The molecule has 0 aromatic carbocycles. The first-order valence-electron chi connectivity index (χ1n) is 5.83. The quantitative estimate of drug-likeness (QED) is 0.835. The summed E-state index contributed by atoms with van der Waals surface area (Å²) in [6.45, 7) is 1.13. The van der Waals surface area contributed by atoms with Gasteiger partial charge in [-0.1, -0.05) is 11.6 Å². The van der Waals surface area contributed by atoms with Gasteiger partial charge in [0.2, 0.25) is 0 Å². The minimum atomic E-state index is -0.359. The van der Waals surface area contributed by atoms with Crippen LogP contribution in [0, 0.1) is 11.3 Å². The largest absolute Gasteiger partial charge is 0.337 e. The molecule has 1 aromatic heterocycles. The normalized spacial score (nSPS) is 17.8. The molecule has 2 rings (SSSR count). The Morgan fingerprint density at radius 1 is 1.47 bits per heavy atom. The minimum absolute atomic E-state index is 0.156. The van der Waals surface area contributed by atoms with Gasteiger partial charge in [-0.3, -0.25) is 4.79 Å². The predicted octanol–water partition coefficient (Wildman–Crippen LogP) is 1.99. The molecule has 100 valence electrons. The van der Waals surface area contributed by atoms with Gasteiger partial charge < -0.3 is 4.90 Å². The van der Waals surface area contributed by atoms with Crippen molar-refractivity contribution in [3.63, 3.8) is 0 Å².